The summed E-state index contributed by atoms with van der Waals surface area (Å²) >= 11 is 0. The Balaban J connectivity index is 2.54. The number of Topliss-reactive ketones (excluding diaryl/α,β-unsaturated/α-hetero) is 1. The Labute approximate surface area is 94.9 Å². The van der Waals surface area contributed by atoms with Crippen molar-refractivity contribution >= 4 is 11.4 Å². The van der Waals surface area contributed by atoms with Gasteiger partial charge in [-0.3, -0.25) is 4.79 Å². The zero-order valence-electron chi connectivity index (χ0n) is 8.95. The number of fused-ring (bicyclic) bond motifs is 1. The first-order valence-corrected chi connectivity index (χ1v) is 4.90. The van der Waals surface area contributed by atoms with Crippen LogP contribution in [0.5, 0.6) is 0 Å². The largest absolute Gasteiger partial charge is 0.417 e. The van der Waals surface area contributed by atoms with Gasteiger partial charge < -0.3 is 4.40 Å². The standard InChI is InChI=1S/C11H9F3N2O/c1-7(17)4-9-5-15-10-3-2-8(6-16(9)10)11(12,13)14/h2-3,5-6H,4H2,1H3. The maximum atomic E-state index is 12.5. The molecule has 0 radical (unpaired) electrons. The van der Waals surface area contributed by atoms with Gasteiger partial charge in [0, 0.05) is 24.5 Å². The summed E-state index contributed by atoms with van der Waals surface area (Å²) < 4.78 is 38.8. The van der Waals surface area contributed by atoms with E-state index in [2.05, 4.69) is 4.98 Å². The average Bonchev–Trinajstić information content (AvgIpc) is 2.59. The average molecular weight is 242 g/mol. The van der Waals surface area contributed by atoms with Crippen molar-refractivity contribution in [2.45, 2.75) is 19.5 Å². The highest BCUT2D eigenvalue weighted by molar-refractivity contribution is 5.78. The zero-order chi connectivity index (χ0) is 12.6. The van der Waals surface area contributed by atoms with E-state index in [0.29, 0.717) is 11.3 Å². The molecule has 0 aliphatic heterocycles. The van der Waals surface area contributed by atoms with E-state index in [9.17, 15) is 18.0 Å². The van der Waals surface area contributed by atoms with Gasteiger partial charge in [0.15, 0.2) is 0 Å². The number of hydrogen-bond donors (Lipinski definition) is 0. The van der Waals surface area contributed by atoms with Crippen molar-refractivity contribution in [3.8, 4) is 0 Å². The normalized spacial score (nSPS) is 12.0. The smallest absolute Gasteiger partial charge is 0.303 e. The van der Waals surface area contributed by atoms with E-state index in [-0.39, 0.29) is 12.2 Å². The van der Waals surface area contributed by atoms with Gasteiger partial charge in [0.2, 0.25) is 0 Å². The lowest BCUT2D eigenvalue weighted by atomic mass is 10.2. The number of carbonyl (C=O) groups excluding carboxylic acids is 1. The number of rotatable bonds is 2. The molecule has 0 atom stereocenters. The number of aromatic nitrogens is 2. The Morgan fingerprint density at radius 3 is 2.71 bits per heavy atom. The molecule has 6 heteroatoms. The van der Waals surface area contributed by atoms with Crippen LogP contribution in [-0.4, -0.2) is 15.2 Å². The first-order valence-electron chi connectivity index (χ1n) is 4.90. The van der Waals surface area contributed by atoms with Crippen LogP contribution >= 0.6 is 0 Å². The highest BCUT2D eigenvalue weighted by atomic mass is 19.4. The van der Waals surface area contributed by atoms with Crippen molar-refractivity contribution in [3.63, 3.8) is 0 Å². The highest BCUT2D eigenvalue weighted by Crippen LogP contribution is 2.29. The first kappa shape index (κ1) is 11.6. The van der Waals surface area contributed by atoms with Crippen LogP contribution in [0.1, 0.15) is 18.2 Å². The molecule has 0 aliphatic rings. The van der Waals surface area contributed by atoms with Crippen LogP contribution in [0.25, 0.3) is 5.65 Å². The van der Waals surface area contributed by atoms with E-state index in [4.69, 9.17) is 0 Å². The molecule has 0 amide bonds. The lowest BCUT2D eigenvalue weighted by Crippen LogP contribution is -2.07. The van der Waals surface area contributed by atoms with E-state index in [1.54, 1.807) is 0 Å². The quantitative estimate of drug-likeness (QED) is 0.810. The molecular formula is C11H9F3N2O. The molecule has 90 valence electrons. The number of nitrogens with zero attached hydrogens (tertiary/aromatic N) is 2. The molecule has 0 aromatic carbocycles. The molecular weight excluding hydrogens is 233 g/mol. The van der Waals surface area contributed by atoms with Gasteiger partial charge in [0.25, 0.3) is 0 Å². The lowest BCUT2D eigenvalue weighted by molar-refractivity contribution is -0.137. The summed E-state index contributed by atoms with van der Waals surface area (Å²) in [6.45, 7) is 1.38. The number of halogens is 3. The fourth-order valence-corrected chi connectivity index (χ4v) is 1.58. The third-order valence-electron chi connectivity index (χ3n) is 2.34. The van der Waals surface area contributed by atoms with Crippen LogP contribution in [0.4, 0.5) is 13.2 Å². The SMILES string of the molecule is CC(=O)Cc1cnc2ccc(C(F)(F)F)cn12. The van der Waals surface area contributed by atoms with Crippen LogP contribution in [0.3, 0.4) is 0 Å². The molecule has 0 unspecified atom stereocenters. The molecule has 0 saturated heterocycles. The molecule has 0 aliphatic carbocycles. The van der Waals surface area contributed by atoms with Crippen molar-refractivity contribution in [3.05, 3.63) is 35.8 Å². The van der Waals surface area contributed by atoms with E-state index >= 15 is 0 Å². The van der Waals surface area contributed by atoms with Crippen molar-refractivity contribution in [2.24, 2.45) is 0 Å². The molecule has 2 aromatic heterocycles. The number of alkyl halides is 3. The highest BCUT2D eigenvalue weighted by Gasteiger charge is 2.31. The van der Waals surface area contributed by atoms with Gasteiger partial charge in [0.1, 0.15) is 11.4 Å². The minimum atomic E-state index is -4.40. The Kier molecular flexibility index (Phi) is 2.65. The fourth-order valence-electron chi connectivity index (χ4n) is 1.58. The number of carbonyl (C=O) groups is 1. The number of ketones is 1. The summed E-state index contributed by atoms with van der Waals surface area (Å²) in [4.78, 5) is 14.9. The molecule has 2 heterocycles. The third kappa shape index (κ3) is 2.30. The summed E-state index contributed by atoms with van der Waals surface area (Å²) in [5, 5.41) is 0. The van der Waals surface area contributed by atoms with Gasteiger partial charge in [-0.1, -0.05) is 0 Å². The monoisotopic (exact) mass is 242 g/mol. The van der Waals surface area contributed by atoms with Crippen LogP contribution in [0.2, 0.25) is 0 Å². The van der Waals surface area contributed by atoms with Crippen LogP contribution < -0.4 is 0 Å². The molecule has 0 N–H and O–H groups in total. The summed E-state index contributed by atoms with van der Waals surface area (Å²) in [5.74, 6) is -0.121. The van der Waals surface area contributed by atoms with Gasteiger partial charge in [-0.05, 0) is 19.1 Å². The van der Waals surface area contributed by atoms with E-state index < -0.39 is 11.7 Å². The van der Waals surface area contributed by atoms with E-state index in [0.717, 1.165) is 12.3 Å². The van der Waals surface area contributed by atoms with Gasteiger partial charge >= 0.3 is 6.18 Å². The van der Waals surface area contributed by atoms with Crippen molar-refractivity contribution in [1.82, 2.24) is 9.38 Å². The maximum absolute atomic E-state index is 12.5. The zero-order valence-corrected chi connectivity index (χ0v) is 8.95. The number of hydrogen-bond acceptors (Lipinski definition) is 2. The molecule has 2 aromatic rings. The number of pyridine rings is 1. The van der Waals surface area contributed by atoms with Crippen molar-refractivity contribution in [2.75, 3.05) is 0 Å². The Morgan fingerprint density at radius 1 is 1.41 bits per heavy atom. The summed E-state index contributed by atoms with van der Waals surface area (Å²) in [7, 11) is 0. The third-order valence-corrected chi connectivity index (χ3v) is 2.34. The molecule has 0 saturated carbocycles. The van der Waals surface area contributed by atoms with Gasteiger partial charge in [-0.2, -0.15) is 13.2 Å². The second kappa shape index (κ2) is 3.87. The topological polar surface area (TPSA) is 34.4 Å². The first-order chi connectivity index (χ1) is 7.88. The molecule has 17 heavy (non-hydrogen) atoms. The Hall–Kier alpha value is -1.85. The second-order valence-electron chi connectivity index (χ2n) is 3.77. The summed E-state index contributed by atoms with van der Waals surface area (Å²) in [6.07, 6.45) is -1.95. The molecule has 3 nitrogen and oxygen atoms in total. The minimum absolute atomic E-state index is 0.0719. The molecule has 0 bridgehead atoms. The second-order valence-corrected chi connectivity index (χ2v) is 3.77. The Morgan fingerprint density at radius 2 is 2.12 bits per heavy atom. The summed E-state index contributed by atoms with van der Waals surface area (Å²) in [6, 6.07) is 2.26. The predicted octanol–water partition coefficient (Wildman–Crippen LogP) is 2.48. The van der Waals surface area contributed by atoms with Gasteiger partial charge in [-0.25, -0.2) is 4.98 Å². The Bertz CT molecular complexity index is 572. The van der Waals surface area contributed by atoms with Gasteiger partial charge in [-0.15, -0.1) is 0 Å². The predicted molar refractivity (Wildman–Crippen MR) is 54.6 cm³/mol. The molecule has 0 spiro atoms. The van der Waals surface area contributed by atoms with Crippen LogP contribution in [0.15, 0.2) is 24.5 Å². The molecule has 0 fully saturated rings. The lowest BCUT2D eigenvalue weighted by Gasteiger charge is -2.07. The van der Waals surface area contributed by atoms with Crippen LogP contribution in [0, 0.1) is 0 Å². The fraction of sp³-hybridized carbons (Fsp3) is 0.273. The van der Waals surface area contributed by atoms with Crippen molar-refractivity contribution < 1.29 is 18.0 Å². The van der Waals surface area contributed by atoms with E-state index in [1.807, 2.05) is 0 Å². The van der Waals surface area contributed by atoms with Crippen LogP contribution in [-0.2, 0) is 17.4 Å². The number of imidazole rings is 1. The maximum Gasteiger partial charge on any atom is 0.417 e. The van der Waals surface area contributed by atoms with Crippen molar-refractivity contribution in [1.29, 1.82) is 0 Å². The van der Waals surface area contributed by atoms with Gasteiger partial charge in [0.05, 0.1) is 5.56 Å². The molecule has 2 rings (SSSR count). The minimum Gasteiger partial charge on any atom is -0.303 e. The summed E-state index contributed by atoms with van der Waals surface area (Å²) in [5.41, 5.74) is 0.0978. The van der Waals surface area contributed by atoms with E-state index in [1.165, 1.54) is 23.6 Å².